The first-order valence-electron chi connectivity index (χ1n) is 7.34. The predicted molar refractivity (Wildman–Crippen MR) is 86.9 cm³/mol. The molecule has 1 N–H and O–H groups in total. The van der Waals surface area contributed by atoms with Crippen LogP contribution in [0.5, 0.6) is 0 Å². The van der Waals surface area contributed by atoms with E-state index in [-0.39, 0.29) is 11.9 Å². The Morgan fingerprint density at radius 1 is 1.55 bits per heavy atom. The summed E-state index contributed by atoms with van der Waals surface area (Å²) in [6, 6.07) is 3.96. The smallest absolute Gasteiger partial charge is 0.220 e. The fraction of sp³-hybridized carbons (Fsp3) is 0.667. The van der Waals surface area contributed by atoms with Crippen molar-refractivity contribution in [2.24, 2.45) is 0 Å². The van der Waals surface area contributed by atoms with Gasteiger partial charge in [-0.25, -0.2) is 0 Å². The van der Waals surface area contributed by atoms with Gasteiger partial charge in [-0.2, -0.15) is 0 Å². The molecule has 1 saturated heterocycles. The van der Waals surface area contributed by atoms with Crippen LogP contribution >= 0.6 is 21.6 Å². The third kappa shape index (κ3) is 5.83. The molecule has 2 heterocycles. The molecule has 0 aliphatic carbocycles. The van der Waals surface area contributed by atoms with E-state index in [1.54, 1.807) is 6.26 Å². The molecule has 0 radical (unpaired) electrons. The molecule has 3 nitrogen and oxygen atoms in total. The van der Waals surface area contributed by atoms with E-state index in [1.165, 1.54) is 18.6 Å². The number of rotatable bonds is 8. The molecule has 1 aliphatic rings. The summed E-state index contributed by atoms with van der Waals surface area (Å²) >= 11 is 0. The average molecular weight is 313 g/mol. The van der Waals surface area contributed by atoms with E-state index in [0.717, 1.165) is 30.3 Å². The SMILES string of the molecule is CC(Cc1ccco1)NC(=O)CCCC[C@H]1CCSS1. The molecule has 1 aliphatic heterocycles. The topological polar surface area (TPSA) is 42.2 Å². The highest BCUT2D eigenvalue weighted by Gasteiger charge is 2.16. The Labute approximate surface area is 129 Å². The Hall–Kier alpha value is -0.550. The van der Waals surface area contributed by atoms with Crippen molar-refractivity contribution in [1.82, 2.24) is 5.32 Å². The average Bonchev–Trinajstić information content (AvgIpc) is 3.07. The van der Waals surface area contributed by atoms with E-state index in [9.17, 15) is 4.79 Å². The fourth-order valence-corrected chi connectivity index (χ4v) is 5.38. The highest BCUT2D eigenvalue weighted by atomic mass is 33.1. The fourth-order valence-electron chi connectivity index (χ4n) is 2.35. The van der Waals surface area contributed by atoms with Crippen LogP contribution in [0.4, 0.5) is 0 Å². The number of hydrogen-bond acceptors (Lipinski definition) is 4. The lowest BCUT2D eigenvalue weighted by molar-refractivity contribution is -0.121. The lowest BCUT2D eigenvalue weighted by Crippen LogP contribution is -2.33. The Morgan fingerprint density at radius 2 is 2.45 bits per heavy atom. The molecule has 20 heavy (non-hydrogen) atoms. The summed E-state index contributed by atoms with van der Waals surface area (Å²) in [4.78, 5) is 11.8. The van der Waals surface area contributed by atoms with Crippen LogP contribution < -0.4 is 5.32 Å². The number of carbonyl (C=O) groups excluding carboxylic acids is 1. The van der Waals surface area contributed by atoms with Crippen LogP contribution in [0.25, 0.3) is 0 Å². The first-order valence-corrected chi connectivity index (χ1v) is 9.72. The van der Waals surface area contributed by atoms with E-state index in [4.69, 9.17) is 4.42 Å². The lowest BCUT2D eigenvalue weighted by atomic mass is 10.1. The van der Waals surface area contributed by atoms with Crippen LogP contribution in [0.2, 0.25) is 0 Å². The quantitative estimate of drug-likeness (QED) is 0.581. The van der Waals surface area contributed by atoms with Gasteiger partial charge in [0.1, 0.15) is 5.76 Å². The molecular formula is C15H23NO2S2. The highest BCUT2D eigenvalue weighted by Crippen LogP contribution is 2.39. The summed E-state index contributed by atoms with van der Waals surface area (Å²) in [6.45, 7) is 2.02. The molecule has 5 heteroatoms. The number of amides is 1. The van der Waals surface area contributed by atoms with Crippen molar-refractivity contribution in [2.45, 2.75) is 56.7 Å². The summed E-state index contributed by atoms with van der Waals surface area (Å²) in [7, 11) is 4.00. The molecule has 1 aromatic rings. The normalized spacial score (nSPS) is 19.9. The molecule has 1 aromatic heterocycles. The molecule has 0 spiro atoms. The van der Waals surface area contributed by atoms with Crippen LogP contribution in [0.3, 0.4) is 0 Å². The summed E-state index contributed by atoms with van der Waals surface area (Å²) in [5.74, 6) is 2.38. The molecular weight excluding hydrogens is 290 g/mol. The minimum absolute atomic E-state index is 0.135. The van der Waals surface area contributed by atoms with E-state index < -0.39 is 0 Å². The molecule has 0 aromatic carbocycles. The maximum Gasteiger partial charge on any atom is 0.220 e. The predicted octanol–water partition coefficient (Wildman–Crippen LogP) is 4.04. The largest absolute Gasteiger partial charge is 0.469 e. The van der Waals surface area contributed by atoms with Gasteiger partial charge in [0.15, 0.2) is 0 Å². The minimum atomic E-state index is 0.135. The Kier molecular flexibility index (Phi) is 6.87. The van der Waals surface area contributed by atoms with Gasteiger partial charge < -0.3 is 9.73 Å². The van der Waals surface area contributed by atoms with Gasteiger partial charge in [0.25, 0.3) is 0 Å². The summed E-state index contributed by atoms with van der Waals surface area (Å²) in [5, 5.41) is 3.86. The zero-order valence-corrected chi connectivity index (χ0v) is 13.6. The monoisotopic (exact) mass is 313 g/mol. The van der Waals surface area contributed by atoms with E-state index in [1.807, 2.05) is 40.6 Å². The summed E-state index contributed by atoms with van der Waals surface area (Å²) in [6.07, 6.45) is 7.83. The van der Waals surface area contributed by atoms with Crippen molar-refractivity contribution in [3.8, 4) is 0 Å². The molecule has 112 valence electrons. The Morgan fingerprint density at radius 3 is 3.15 bits per heavy atom. The van der Waals surface area contributed by atoms with Crippen LogP contribution in [0.1, 0.15) is 44.8 Å². The van der Waals surface area contributed by atoms with Crippen molar-refractivity contribution in [1.29, 1.82) is 0 Å². The van der Waals surface area contributed by atoms with Gasteiger partial charge in [-0.05, 0) is 38.3 Å². The Balaban J connectivity index is 1.53. The van der Waals surface area contributed by atoms with Crippen molar-refractivity contribution < 1.29 is 9.21 Å². The number of furan rings is 1. The second kappa shape index (κ2) is 8.67. The van der Waals surface area contributed by atoms with Gasteiger partial charge in [-0.3, -0.25) is 4.79 Å². The van der Waals surface area contributed by atoms with Gasteiger partial charge >= 0.3 is 0 Å². The van der Waals surface area contributed by atoms with Gasteiger partial charge in [-0.1, -0.05) is 28.0 Å². The standard InChI is InChI=1S/C15H23NO2S2/c1-12(11-13-5-4-9-18-13)16-15(17)7-3-2-6-14-8-10-19-20-14/h4-5,9,12,14H,2-3,6-8,10-11H2,1H3,(H,16,17)/t12?,14-/m0/s1. The minimum Gasteiger partial charge on any atom is -0.469 e. The molecule has 2 rings (SSSR count). The number of hydrogen-bond donors (Lipinski definition) is 1. The van der Waals surface area contributed by atoms with Crippen LogP contribution in [0.15, 0.2) is 22.8 Å². The second-order valence-electron chi connectivity index (χ2n) is 5.33. The van der Waals surface area contributed by atoms with Crippen molar-refractivity contribution in [2.75, 3.05) is 5.75 Å². The zero-order chi connectivity index (χ0) is 14.2. The van der Waals surface area contributed by atoms with E-state index in [2.05, 4.69) is 5.32 Å². The van der Waals surface area contributed by atoms with Crippen molar-refractivity contribution in [3.63, 3.8) is 0 Å². The van der Waals surface area contributed by atoms with Gasteiger partial charge in [0.05, 0.1) is 6.26 Å². The number of carbonyl (C=O) groups is 1. The highest BCUT2D eigenvalue weighted by molar-refractivity contribution is 8.77. The van der Waals surface area contributed by atoms with Crippen LogP contribution in [0, 0.1) is 0 Å². The Bertz CT molecular complexity index is 389. The molecule has 0 saturated carbocycles. The van der Waals surface area contributed by atoms with E-state index in [0.29, 0.717) is 6.42 Å². The summed E-state index contributed by atoms with van der Waals surface area (Å²) in [5.41, 5.74) is 0. The van der Waals surface area contributed by atoms with Crippen molar-refractivity contribution in [3.05, 3.63) is 24.2 Å². The third-order valence-electron chi connectivity index (χ3n) is 3.40. The van der Waals surface area contributed by atoms with Gasteiger partial charge in [0, 0.05) is 29.9 Å². The van der Waals surface area contributed by atoms with E-state index >= 15 is 0 Å². The molecule has 1 amide bonds. The number of nitrogens with one attached hydrogen (secondary N) is 1. The van der Waals surface area contributed by atoms with Gasteiger partial charge in [0.2, 0.25) is 5.91 Å². The maximum absolute atomic E-state index is 11.8. The van der Waals surface area contributed by atoms with Crippen LogP contribution in [-0.2, 0) is 11.2 Å². The van der Waals surface area contributed by atoms with Gasteiger partial charge in [-0.15, -0.1) is 0 Å². The third-order valence-corrected chi connectivity index (χ3v) is 6.41. The first kappa shape index (κ1) is 15.8. The molecule has 1 fully saturated rings. The zero-order valence-electron chi connectivity index (χ0n) is 12.0. The van der Waals surface area contributed by atoms with Crippen molar-refractivity contribution >= 4 is 27.5 Å². The molecule has 2 atom stereocenters. The number of unbranched alkanes of at least 4 members (excludes halogenated alkanes) is 1. The lowest BCUT2D eigenvalue weighted by Gasteiger charge is -2.12. The molecule has 1 unspecified atom stereocenters. The second-order valence-corrected chi connectivity index (χ2v) is 8.11. The first-order chi connectivity index (χ1) is 9.74. The summed E-state index contributed by atoms with van der Waals surface area (Å²) < 4.78 is 5.29. The maximum atomic E-state index is 11.8. The molecule has 0 bridgehead atoms. The van der Waals surface area contributed by atoms with Crippen LogP contribution in [-0.4, -0.2) is 23.0 Å².